The minimum Gasteiger partial charge on any atom is -0.375 e. The summed E-state index contributed by atoms with van der Waals surface area (Å²) < 4.78 is 8.00. The minimum absolute atomic E-state index is 0.115. The summed E-state index contributed by atoms with van der Waals surface area (Å²) in [7, 11) is 0. The Kier molecular flexibility index (Phi) is 4.29. The Balaban J connectivity index is 1.80. The molecule has 25 heavy (non-hydrogen) atoms. The van der Waals surface area contributed by atoms with Crippen LogP contribution in [0.15, 0.2) is 30.5 Å². The van der Waals surface area contributed by atoms with E-state index in [9.17, 15) is 4.79 Å². The standard InChI is InChI=1S/C18H20N4O2S/c1-11-4-6-22-13(9-12-10-20-5-7-24-12)17(21-16(22)8-11)14-2-3-15(25-14)18(19)23/h2-4,6,8,12,20H,5,7,9-10H2,1H3,(H2,19,23)/t12-/m0/s1. The van der Waals surface area contributed by atoms with Crippen molar-refractivity contribution in [2.45, 2.75) is 19.4 Å². The number of aromatic nitrogens is 2. The number of nitrogens with zero attached hydrogens (tertiary/aromatic N) is 2. The molecule has 0 bridgehead atoms. The van der Waals surface area contributed by atoms with Gasteiger partial charge in [-0.2, -0.15) is 0 Å². The minimum atomic E-state index is -0.405. The molecule has 1 atom stereocenters. The Hall–Kier alpha value is -2.22. The van der Waals surface area contributed by atoms with Crippen LogP contribution in [-0.4, -0.2) is 41.1 Å². The van der Waals surface area contributed by atoms with Crippen LogP contribution in [0.4, 0.5) is 0 Å². The third kappa shape index (κ3) is 3.18. The predicted octanol–water partition coefficient (Wildman–Crippen LogP) is 2.00. The number of pyridine rings is 1. The first-order valence-corrected chi connectivity index (χ1v) is 9.13. The second-order valence-electron chi connectivity index (χ2n) is 6.27. The molecule has 0 aliphatic carbocycles. The quantitative estimate of drug-likeness (QED) is 0.749. The second kappa shape index (κ2) is 6.59. The molecule has 0 radical (unpaired) electrons. The summed E-state index contributed by atoms with van der Waals surface area (Å²) in [4.78, 5) is 17.8. The molecule has 0 spiro atoms. The Morgan fingerprint density at radius 3 is 3.08 bits per heavy atom. The van der Waals surface area contributed by atoms with Crippen LogP contribution >= 0.6 is 11.3 Å². The number of thiophene rings is 1. The van der Waals surface area contributed by atoms with Crippen molar-refractivity contribution < 1.29 is 9.53 Å². The van der Waals surface area contributed by atoms with E-state index < -0.39 is 5.91 Å². The van der Waals surface area contributed by atoms with Crippen molar-refractivity contribution in [2.24, 2.45) is 5.73 Å². The molecule has 0 saturated carbocycles. The number of aryl methyl sites for hydroxylation is 1. The van der Waals surface area contributed by atoms with Crippen LogP contribution in [0, 0.1) is 6.92 Å². The number of nitrogens with one attached hydrogen (secondary N) is 1. The molecular formula is C18H20N4O2S. The molecule has 1 aliphatic heterocycles. The first-order valence-electron chi connectivity index (χ1n) is 8.32. The highest BCUT2D eigenvalue weighted by Gasteiger charge is 2.22. The normalized spacial score (nSPS) is 17.9. The van der Waals surface area contributed by atoms with Gasteiger partial charge in [-0.1, -0.05) is 0 Å². The first kappa shape index (κ1) is 16.3. The lowest BCUT2D eigenvalue weighted by Gasteiger charge is -2.23. The van der Waals surface area contributed by atoms with E-state index in [2.05, 4.69) is 35.0 Å². The molecule has 1 saturated heterocycles. The Morgan fingerprint density at radius 2 is 2.36 bits per heavy atom. The molecule has 6 nitrogen and oxygen atoms in total. The smallest absolute Gasteiger partial charge is 0.258 e. The number of ether oxygens (including phenoxy) is 1. The number of primary amides is 1. The molecule has 0 aromatic carbocycles. The van der Waals surface area contributed by atoms with Crippen LogP contribution in [0.2, 0.25) is 0 Å². The van der Waals surface area contributed by atoms with Gasteiger partial charge in [0.25, 0.3) is 5.91 Å². The van der Waals surface area contributed by atoms with E-state index in [0.717, 1.165) is 53.6 Å². The van der Waals surface area contributed by atoms with Gasteiger partial charge in [-0.15, -0.1) is 11.3 Å². The van der Waals surface area contributed by atoms with E-state index >= 15 is 0 Å². The number of morpholine rings is 1. The maximum absolute atomic E-state index is 11.4. The van der Waals surface area contributed by atoms with Crippen molar-refractivity contribution in [3.8, 4) is 10.6 Å². The summed E-state index contributed by atoms with van der Waals surface area (Å²) in [5, 5.41) is 3.37. The lowest BCUT2D eigenvalue weighted by Crippen LogP contribution is -2.39. The van der Waals surface area contributed by atoms with Gasteiger partial charge in [0, 0.05) is 25.7 Å². The van der Waals surface area contributed by atoms with Crippen LogP contribution < -0.4 is 11.1 Å². The number of hydrogen-bond acceptors (Lipinski definition) is 5. The lowest BCUT2D eigenvalue weighted by atomic mass is 10.1. The molecule has 0 unspecified atom stereocenters. The van der Waals surface area contributed by atoms with E-state index in [1.54, 1.807) is 6.07 Å². The number of carbonyl (C=O) groups is 1. The van der Waals surface area contributed by atoms with Crippen molar-refractivity contribution in [1.82, 2.24) is 14.7 Å². The highest BCUT2D eigenvalue weighted by molar-refractivity contribution is 7.17. The van der Waals surface area contributed by atoms with E-state index in [-0.39, 0.29) is 6.10 Å². The van der Waals surface area contributed by atoms with Crippen LogP contribution in [0.1, 0.15) is 20.9 Å². The predicted molar refractivity (Wildman–Crippen MR) is 98.1 cm³/mol. The van der Waals surface area contributed by atoms with Crippen molar-refractivity contribution in [3.63, 3.8) is 0 Å². The van der Waals surface area contributed by atoms with Crippen LogP contribution in [0.5, 0.6) is 0 Å². The Morgan fingerprint density at radius 1 is 1.48 bits per heavy atom. The van der Waals surface area contributed by atoms with Crippen molar-refractivity contribution in [1.29, 1.82) is 0 Å². The van der Waals surface area contributed by atoms with Gasteiger partial charge in [-0.3, -0.25) is 4.79 Å². The summed E-state index contributed by atoms with van der Waals surface area (Å²) in [6.45, 7) is 4.50. The maximum atomic E-state index is 11.4. The average Bonchev–Trinajstić information content (AvgIpc) is 3.21. The zero-order valence-corrected chi connectivity index (χ0v) is 14.8. The van der Waals surface area contributed by atoms with E-state index in [0.29, 0.717) is 4.88 Å². The molecule has 4 rings (SSSR count). The summed E-state index contributed by atoms with van der Waals surface area (Å²) in [5.74, 6) is -0.405. The van der Waals surface area contributed by atoms with Crippen molar-refractivity contribution >= 4 is 22.9 Å². The zero-order chi connectivity index (χ0) is 17.4. The van der Waals surface area contributed by atoms with Gasteiger partial charge >= 0.3 is 0 Å². The highest BCUT2D eigenvalue weighted by Crippen LogP contribution is 2.32. The van der Waals surface area contributed by atoms with Crippen LogP contribution in [0.3, 0.4) is 0 Å². The first-order chi connectivity index (χ1) is 12.1. The van der Waals surface area contributed by atoms with Gasteiger partial charge in [0.2, 0.25) is 0 Å². The van der Waals surface area contributed by atoms with Crippen LogP contribution in [0.25, 0.3) is 16.2 Å². The molecule has 1 amide bonds. The molecular weight excluding hydrogens is 336 g/mol. The molecule has 1 fully saturated rings. The van der Waals surface area contributed by atoms with Crippen molar-refractivity contribution in [3.05, 3.63) is 46.6 Å². The lowest BCUT2D eigenvalue weighted by molar-refractivity contribution is 0.0286. The number of imidazole rings is 1. The van der Waals surface area contributed by atoms with E-state index in [1.165, 1.54) is 11.3 Å². The fourth-order valence-corrected chi connectivity index (χ4v) is 4.02. The number of carbonyl (C=O) groups excluding carboxylic acids is 1. The molecule has 4 heterocycles. The van der Waals surface area contributed by atoms with Gasteiger partial charge in [0.15, 0.2) is 0 Å². The largest absolute Gasteiger partial charge is 0.375 e. The number of amides is 1. The zero-order valence-electron chi connectivity index (χ0n) is 14.0. The highest BCUT2D eigenvalue weighted by atomic mass is 32.1. The fraction of sp³-hybridized carbons (Fsp3) is 0.333. The summed E-state index contributed by atoms with van der Waals surface area (Å²) in [5.41, 5.74) is 9.47. The molecule has 130 valence electrons. The van der Waals surface area contributed by atoms with E-state index in [4.69, 9.17) is 15.5 Å². The second-order valence-corrected chi connectivity index (χ2v) is 7.35. The molecule has 1 aliphatic rings. The summed E-state index contributed by atoms with van der Waals surface area (Å²) in [6.07, 6.45) is 2.93. The van der Waals surface area contributed by atoms with Gasteiger partial charge in [0.05, 0.1) is 28.2 Å². The fourth-order valence-electron chi connectivity index (χ4n) is 3.15. The number of fused-ring (bicyclic) bond motifs is 1. The molecule has 3 aromatic heterocycles. The molecule has 3 N–H and O–H groups in total. The van der Waals surface area contributed by atoms with Gasteiger partial charge in [-0.25, -0.2) is 4.98 Å². The molecule has 7 heteroatoms. The summed E-state index contributed by atoms with van der Waals surface area (Å²) >= 11 is 1.38. The number of nitrogens with two attached hydrogens (primary N) is 1. The summed E-state index contributed by atoms with van der Waals surface area (Å²) in [6, 6.07) is 7.82. The van der Waals surface area contributed by atoms with Gasteiger partial charge < -0.3 is 20.2 Å². The Bertz CT molecular complexity index is 924. The SMILES string of the molecule is Cc1ccn2c(C[C@H]3CNCCO3)c(-c3ccc(C(N)=O)s3)nc2c1. The third-order valence-corrected chi connectivity index (χ3v) is 5.49. The van der Waals surface area contributed by atoms with E-state index in [1.807, 2.05) is 6.07 Å². The third-order valence-electron chi connectivity index (χ3n) is 4.39. The average molecular weight is 356 g/mol. The van der Waals surface area contributed by atoms with Gasteiger partial charge in [0.1, 0.15) is 11.3 Å². The van der Waals surface area contributed by atoms with Crippen molar-refractivity contribution in [2.75, 3.05) is 19.7 Å². The number of hydrogen-bond donors (Lipinski definition) is 2. The molecule has 3 aromatic rings. The monoisotopic (exact) mass is 356 g/mol. The maximum Gasteiger partial charge on any atom is 0.258 e. The Labute approximate surface area is 149 Å². The van der Waals surface area contributed by atoms with Gasteiger partial charge in [-0.05, 0) is 36.8 Å². The number of rotatable bonds is 4. The van der Waals surface area contributed by atoms with Crippen LogP contribution in [-0.2, 0) is 11.2 Å². The topological polar surface area (TPSA) is 81.6 Å².